The number of esters is 1. The first-order valence-corrected chi connectivity index (χ1v) is 13.4. The molecular formula is C35H32O8. The van der Waals surface area contributed by atoms with E-state index in [-0.39, 0.29) is 23.0 Å². The first-order chi connectivity index (χ1) is 20.7. The molecule has 0 unspecified atom stereocenters. The Morgan fingerprint density at radius 2 is 1.37 bits per heavy atom. The number of allylic oxidation sites excluding steroid dienone is 3. The zero-order chi connectivity index (χ0) is 30.9. The average Bonchev–Trinajstić information content (AvgIpc) is 3.02. The monoisotopic (exact) mass is 580 g/mol. The number of carbonyl (C=O) groups excluding carboxylic acids is 2. The van der Waals surface area contributed by atoms with Gasteiger partial charge in [0, 0.05) is 6.08 Å². The summed E-state index contributed by atoms with van der Waals surface area (Å²) >= 11 is 0. The number of aromatic hydroxyl groups is 1. The SMILES string of the molecule is COc1ccc2cc([C@@H](C)C(=O)Oc3ccc(/C=C/C(O)=CC(=O)/C=C/c4ccc(O)c(OC)c4)cc3OC)ccc2c1. The number of methoxy groups -OCH3 is 3. The molecule has 1 atom stereocenters. The van der Waals surface area contributed by atoms with E-state index in [9.17, 15) is 19.8 Å². The van der Waals surface area contributed by atoms with E-state index < -0.39 is 17.7 Å². The van der Waals surface area contributed by atoms with Crippen molar-refractivity contribution in [3.63, 3.8) is 0 Å². The summed E-state index contributed by atoms with van der Waals surface area (Å²) in [5, 5.41) is 21.9. The van der Waals surface area contributed by atoms with Gasteiger partial charge in [-0.2, -0.15) is 0 Å². The number of phenols is 1. The third kappa shape index (κ3) is 7.83. The van der Waals surface area contributed by atoms with Crippen LogP contribution in [0.1, 0.15) is 29.5 Å². The molecule has 0 saturated carbocycles. The second-order valence-electron chi connectivity index (χ2n) is 9.60. The van der Waals surface area contributed by atoms with E-state index in [0.29, 0.717) is 16.9 Å². The molecular weight excluding hydrogens is 548 g/mol. The molecule has 0 bridgehead atoms. The lowest BCUT2D eigenvalue weighted by molar-refractivity contribution is -0.135. The maximum absolute atomic E-state index is 13.0. The molecule has 4 rings (SSSR count). The summed E-state index contributed by atoms with van der Waals surface area (Å²) in [5.74, 6) is -0.0221. The van der Waals surface area contributed by atoms with Crippen LogP contribution in [0.25, 0.3) is 22.9 Å². The van der Waals surface area contributed by atoms with Crippen LogP contribution in [0.15, 0.2) is 96.8 Å². The molecule has 2 N–H and O–H groups in total. The van der Waals surface area contributed by atoms with E-state index >= 15 is 0 Å². The summed E-state index contributed by atoms with van der Waals surface area (Å²) in [6.45, 7) is 1.78. The minimum Gasteiger partial charge on any atom is -0.508 e. The highest BCUT2D eigenvalue weighted by Gasteiger charge is 2.20. The molecule has 43 heavy (non-hydrogen) atoms. The predicted molar refractivity (Wildman–Crippen MR) is 166 cm³/mol. The quantitative estimate of drug-likeness (QED) is 0.0640. The highest BCUT2D eigenvalue weighted by Crippen LogP contribution is 2.32. The number of aliphatic hydroxyl groups is 1. The maximum atomic E-state index is 13.0. The zero-order valence-electron chi connectivity index (χ0n) is 24.2. The molecule has 220 valence electrons. The van der Waals surface area contributed by atoms with Crippen LogP contribution in [0.4, 0.5) is 0 Å². The van der Waals surface area contributed by atoms with Crippen molar-refractivity contribution in [3.05, 3.63) is 113 Å². The highest BCUT2D eigenvalue weighted by molar-refractivity contribution is 6.02. The number of ketones is 1. The van der Waals surface area contributed by atoms with Crippen molar-refractivity contribution in [2.75, 3.05) is 21.3 Å². The summed E-state index contributed by atoms with van der Waals surface area (Å²) in [6, 6.07) is 21.2. The number of hydrogen-bond acceptors (Lipinski definition) is 8. The molecule has 0 fully saturated rings. The van der Waals surface area contributed by atoms with Gasteiger partial charge in [0.1, 0.15) is 11.5 Å². The fourth-order valence-corrected chi connectivity index (χ4v) is 4.24. The third-order valence-corrected chi connectivity index (χ3v) is 6.70. The minimum absolute atomic E-state index is 0.00558. The zero-order valence-corrected chi connectivity index (χ0v) is 24.2. The number of rotatable bonds is 11. The first kappa shape index (κ1) is 30.5. The van der Waals surface area contributed by atoms with Gasteiger partial charge in [0.2, 0.25) is 0 Å². The number of carbonyl (C=O) groups is 2. The smallest absolute Gasteiger partial charge is 0.318 e. The van der Waals surface area contributed by atoms with Crippen LogP contribution in [0.5, 0.6) is 28.7 Å². The topological polar surface area (TPSA) is 112 Å². The Labute approximate surface area is 249 Å². The molecule has 8 heteroatoms. The molecule has 0 radical (unpaired) electrons. The molecule has 0 aliphatic carbocycles. The van der Waals surface area contributed by atoms with Gasteiger partial charge in [-0.15, -0.1) is 0 Å². The first-order valence-electron chi connectivity index (χ1n) is 13.4. The lowest BCUT2D eigenvalue weighted by atomic mass is 9.98. The van der Waals surface area contributed by atoms with Gasteiger partial charge in [0.15, 0.2) is 28.8 Å². The Morgan fingerprint density at radius 1 is 0.721 bits per heavy atom. The second-order valence-corrected chi connectivity index (χ2v) is 9.60. The second kappa shape index (κ2) is 13.9. The molecule has 0 aliphatic rings. The van der Waals surface area contributed by atoms with E-state index in [1.54, 1.807) is 56.5 Å². The molecule has 4 aromatic carbocycles. The Kier molecular flexibility index (Phi) is 9.85. The van der Waals surface area contributed by atoms with Gasteiger partial charge in [-0.3, -0.25) is 9.59 Å². The van der Waals surface area contributed by atoms with E-state index in [1.807, 2.05) is 36.4 Å². The van der Waals surface area contributed by atoms with Gasteiger partial charge < -0.3 is 29.2 Å². The van der Waals surface area contributed by atoms with E-state index in [4.69, 9.17) is 18.9 Å². The summed E-state index contributed by atoms with van der Waals surface area (Å²) < 4.78 is 21.4. The van der Waals surface area contributed by atoms with Crippen LogP contribution in [0.3, 0.4) is 0 Å². The van der Waals surface area contributed by atoms with Gasteiger partial charge in [0.25, 0.3) is 0 Å². The summed E-state index contributed by atoms with van der Waals surface area (Å²) in [5.41, 5.74) is 2.11. The van der Waals surface area contributed by atoms with E-state index in [0.717, 1.165) is 28.2 Å². The van der Waals surface area contributed by atoms with Crippen molar-refractivity contribution in [1.82, 2.24) is 0 Å². The van der Waals surface area contributed by atoms with Crippen molar-refractivity contribution in [3.8, 4) is 28.7 Å². The van der Waals surface area contributed by atoms with Gasteiger partial charge >= 0.3 is 5.97 Å². The number of phenolic OH excluding ortho intramolecular Hbond substituents is 1. The van der Waals surface area contributed by atoms with Gasteiger partial charge in [0.05, 0.1) is 27.2 Å². The van der Waals surface area contributed by atoms with Crippen LogP contribution < -0.4 is 18.9 Å². The van der Waals surface area contributed by atoms with Gasteiger partial charge in [-0.1, -0.05) is 48.6 Å². The van der Waals surface area contributed by atoms with Gasteiger partial charge in [-0.25, -0.2) is 0 Å². The largest absolute Gasteiger partial charge is 0.508 e. The van der Waals surface area contributed by atoms with Crippen molar-refractivity contribution in [2.45, 2.75) is 12.8 Å². The number of ether oxygens (including phenoxy) is 4. The summed E-state index contributed by atoms with van der Waals surface area (Å²) in [4.78, 5) is 25.2. The molecule has 0 saturated heterocycles. The predicted octanol–water partition coefficient (Wildman–Crippen LogP) is 7.02. The van der Waals surface area contributed by atoms with Crippen LogP contribution in [-0.4, -0.2) is 43.3 Å². The van der Waals surface area contributed by atoms with Crippen molar-refractivity contribution < 1.29 is 38.7 Å². The number of fused-ring (bicyclic) bond motifs is 1. The molecule has 4 aromatic rings. The molecule has 0 aromatic heterocycles. The normalized spacial score (nSPS) is 12.4. The molecule has 0 amide bonds. The van der Waals surface area contributed by atoms with Crippen LogP contribution >= 0.6 is 0 Å². The van der Waals surface area contributed by atoms with Crippen molar-refractivity contribution in [1.29, 1.82) is 0 Å². The summed E-state index contributed by atoms with van der Waals surface area (Å²) in [7, 11) is 4.52. The summed E-state index contributed by atoms with van der Waals surface area (Å²) in [6.07, 6.45) is 6.86. The molecule has 0 spiro atoms. The Balaban J connectivity index is 1.40. The Hall–Kier alpha value is -5.50. The molecule has 8 nitrogen and oxygen atoms in total. The number of aliphatic hydroxyl groups excluding tert-OH is 1. The standard InChI is InChI=1S/C35H32O8/c1-22(25-9-10-27-20-30(40-2)14-11-26(27)19-25)35(39)43-32-16-8-24(18-34(32)42-4)6-13-29(37)21-28(36)12-5-23-7-15-31(38)33(17-23)41-3/h5-22,37-38H,1-4H3/b12-5+,13-6+,29-21?/t22-/m1/s1. The fraction of sp³-hybridized carbons (Fsp3) is 0.143. The van der Waals surface area contributed by atoms with Crippen LogP contribution in [0.2, 0.25) is 0 Å². The van der Waals surface area contributed by atoms with Crippen LogP contribution in [-0.2, 0) is 9.59 Å². The van der Waals surface area contributed by atoms with E-state index in [1.165, 1.54) is 32.4 Å². The lowest BCUT2D eigenvalue weighted by Gasteiger charge is -2.15. The molecule has 0 heterocycles. The number of benzene rings is 4. The van der Waals surface area contributed by atoms with Crippen LogP contribution in [0, 0.1) is 0 Å². The average molecular weight is 581 g/mol. The highest BCUT2D eigenvalue weighted by atomic mass is 16.6. The Bertz CT molecular complexity index is 1730. The molecule has 0 aliphatic heterocycles. The van der Waals surface area contributed by atoms with Crippen molar-refractivity contribution in [2.24, 2.45) is 0 Å². The Morgan fingerprint density at radius 3 is 2.09 bits per heavy atom. The maximum Gasteiger partial charge on any atom is 0.318 e. The van der Waals surface area contributed by atoms with Gasteiger partial charge in [-0.05, 0) is 82.9 Å². The third-order valence-electron chi connectivity index (χ3n) is 6.70. The fourth-order valence-electron chi connectivity index (χ4n) is 4.24. The van der Waals surface area contributed by atoms with Crippen molar-refractivity contribution >= 4 is 34.7 Å². The lowest BCUT2D eigenvalue weighted by Crippen LogP contribution is -2.16. The minimum atomic E-state index is -0.527. The number of hydrogen-bond donors (Lipinski definition) is 2. The van der Waals surface area contributed by atoms with E-state index in [2.05, 4.69) is 0 Å².